The highest BCUT2D eigenvalue weighted by Gasteiger charge is 2.31. The molecular formula is C30H35FN2O2S. The fraction of sp³-hybridized carbons (Fsp3) is 0.333. The van der Waals surface area contributed by atoms with E-state index in [9.17, 15) is 14.0 Å². The molecule has 0 fully saturated rings. The molecule has 6 heteroatoms. The molecule has 3 aromatic rings. The van der Waals surface area contributed by atoms with E-state index < -0.39 is 6.04 Å². The number of carbonyl (C=O) groups is 2. The van der Waals surface area contributed by atoms with Crippen LogP contribution in [-0.2, 0) is 28.3 Å². The van der Waals surface area contributed by atoms with Crippen LogP contribution in [0, 0.1) is 19.7 Å². The van der Waals surface area contributed by atoms with Crippen LogP contribution in [0.3, 0.4) is 0 Å². The van der Waals surface area contributed by atoms with Crippen molar-refractivity contribution in [2.24, 2.45) is 0 Å². The molecule has 0 spiro atoms. The summed E-state index contributed by atoms with van der Waals surface area (Å²) in [6.07, 6.45) is 0.349. The second-order valence-corrected chi connectivity index (χ2v) is 10.5. The molecule has 0 bridgehead atoms. The number of nitrogens with zero attached hydrogens (tertiary/aromatic N) is 1. The standard InChI is InChI=1S/C30H35FN2O2S/c1-21(2)32-30(35)28(17-24-10-6-5-7-11-24)33(18-26-12-8-9-13-27(26)31)29(34)20-36-19-25-15-22(3)14-23(4)16-25/h5-16,21,28H,17-20H2,1-4H3,(H,32,35)/t28-/m0/s1. The Bertz CT molecular complexity index is 1150. The summed E-state index contributed by atoms with van der Waals surface area (Å²) < 4.78 is 14.6. The lowest BCUT2D eigenvalue weighted by molar-refractivity contribution is -0.139. The predicted octanol–water partition coefficient (Wildman–Crippen LogP) is 5.84. The van der Waals surface area contributed by atoms with E-state index in [-0.39, 0.29) is 36.0 Å². The molecule has 0 unspecified atom stereocenters. The Hall–Kier alpha value is -3.12. The van der Waals surface area contributed by atoms with E-state index in [0.29, 0.717) is 17.7 Å². The average molecular weight is 507 g/mol. The van der Waals surface area contributed by atoms with Gasteiger partial charge in [-0.25, -0.2) is 4.39 Å². The van der Waals surface area contributed by atoms with Crippen LogP contribution in [0.4, 0.5) is 4.39 Å². The van der Waals surface area contributed by atoms with Gasteiger partial charge in [-0.3, -0.25) is 9.59 Å². The molecule has 0 heterocycles. The molecule has 0 aliphatic rings. The lowest BCUT2D eigenvalue weighted by Gasteiger charge is -2.32. The number of aryl methyl sites for hydroxylation is 2. The third-order valence-electron chi connectivity index (χ3n) is 5.78. The summed E-state index contributed by atoms with van der Waals surface area (Å²) in [7, 11) is 0. The van der Waals surface area contributed by atoms with E-state index in [4.69, 9.17) is 0 Å². The van der Waals surface area contributed by atoms with Crippen molar-refractivity contribution >= 4 is 23.6 Å². The van der Waals surface area contributed by atoms with Crippen LogP contribution in [0.25, 0.3) is 0 Å². The number of nitrogens with one attached hydrogen (secondary N) is 1. The maximum atomic E-state index is 14.6. The highest BCUT2D eigenvalue weighted by molar-refractivity contribution is 7.99. The summed E-state index contributed by atoms with van der Waals surface area (Å²) in [5, 5.41) is 2.96. The maximum Gasteiger partial charge on any atom is 0.243 e. The lowest BCUT2D eigenvalue weighted by atomic mass is 10.0. The third kappa shape index (κ3) is 8.23. The van der Waals surface area contributed by atoms with Crippen molar-refractivity contribution in [3.05, 3.63) is 106 Å². The first-order valence-electron chi connectivity index (χ1n) is 12.2. The van der Waals surface area contributed by atoms with Gasteiger partial charge in [-0.15, -0.1) is 11.8 Å². The summed E-state index contributed by atoms with van der Waals surface area (Å²) in [6, 6.07) is 21.6. The SMILES string of the molecule is Cc1cc(C)cc(CSCC(=O)N(Cc2ccccc2F)[C@@H](Cc2ccccc2)C(=O)NC(C)C)c1. The summed E-state index contributed by atoms with van der Waals surface area (Å²) in [6.45, 7) is 7.92. The first-order chi connectivity index (χ1) is 17.2. The van der Waals surface area contributed by atoms with Crippen LogP contribution in [0.2, 0.25) is 0 Å². The molecule has 0 radical (unpaired) electrons. The number of hydrogen-bond donors (Lipinski definition) is 1. The second kappa shape index (κ2) is 13.3. The van der Waals surface area contributed by atoms with Gasteiger partial charge < -0.3 is 10.2 Å². The summed E-state index contributed by atoms with van der Waals surface area (Å²) >= 11 is 1.51. The molecule has 0 aromatic heterocycles. The van der Waals surface area contributed by atoms with E-state index in [0.717, 1.165) is 11.1 Å². The van der Waals surface area contributed by atoms with Gasteiger partial charge in [-0.2, -0.15) is 0 Å². The maximum absolute atomic E-state index is 14.6. The molecule has 0 saturated carbocycles. The van der Waals surface area contributed by atoms with Gasteiger partial charge in [-0.05, 0) is 44.9 Å². The lowest BCUT2D eigenvalue weighted by Crippen LogP contribution is -2.52. The van der Waals surface area contributed by atoms with Crippen LogP contribution in [0.15, 0.2) is 72.8 Å². The minimum atomic E-state index is -0.760. The van der Waals surface area contributed by atoms with Crippen molar-refractivity contribution in [3.8, 4) is 0 Å². The second-order valence-electron chi connectivity index (χ2n) is 9.47. The Kier molecular flexibility index (Phi) is 10.1. The number of amides is 2. The Labute approximate surface area is 218 Å². The van der Waals surface area contributed by atoms with E-state index in [1.807, 2.05) is 44.2 Å². The van der Waals surface area contributed by atoms with Crippen molar-refractivity contribution in [2.75, 3.05) is 5.75 Å². The highest BCUT2D eigenvalue weighted by atomic mass is 32.2. The summed E-state index contributed by atoms with van der Waals surface area (Å²) in [5.74, 6) is 0.0663. The van der Waals surface area contributed by atoms with Gasteiger partial charge >= 0.3 is 0 Å². The molecule has 1 atom stereocenters. The van der Waals surface area contributed by atoms with Crippen LogP contribution in [-0.4, -0.2) is 34.6 Å². The van der Waals surface area contributed by atoms with Crippen molar-refractivity contribution in [1.82, 2.24) is 10.2 Å². The Morgan fingerprint density at radius 2 is 1.56 bits per heavy atom. The molecular weight excluding hydrogens is 471 g/mol. The number of carbonyl (C=O) groups excluding carboxylic acids is 2. The van der Waals surface area contributed by atoms with Gasteiger partial charge in [-0.1, -0.05) is 77.9 Å². The number of benzene rings is 3. The fourth-order valence-corrected chi connectivity index (χ4v) is 5.08. The molecule has 4 nitrogen and oxygen atoms in total. The average Bonchev–Trinajstić information content (AvgIpc) is 2.82. The Morgan fingerprint density at radius 1 is 0.917 bits per heavy atom. The van der Waals surface area contributed by atoms with E-state index >= 15 is 0 Å². The van der Waals surface area contributed by atoms with E-state index in [2.05, 4.69) is 37.4 Å². The summed E-state index contributed by atoms with van der Waals surface area (Å²) in [4.78, 5) is 28.5. The number of hydrogen-bond acceptors (Lipinski definition) is 3. The predicted molar refractivity (Wildman–Crippen MR) is 146 cm³/mol. The van der Waals surface area contributed by atoms with Crippen LogP contribution in [0.1, 0.15) is 41.7 Å². The Balaban J connectivity index is 1.86. The molecule has 3 aromatic carbocycles. The zero-order valence-electron chi connectivity index (χ0n) is 21.5. The van der Waals surface area contributed by atoms with E-state index in [1.54, 1.807) is 18.2 Å². The van der Waals surface area contributed by atoms with Gasteiger partial charge in [0, 0.05) is 30.3 Å². The molecule has 1 N–H and O–H groups in total. The minimum Gasteiger partial charge on any atom is -0.352 e. The molecule has 2 amide bonds. The summed E-state index contributed by atoms with van der Waals surface area (Å²) in [5.41, 5.74) is 4.86. The number of thioether (sulfide) groups is 1. The van der Waals surface area contributed by atoms with Crippen LogP contribution in [0.5, 0.6) is 0 Å². The number of halogens is 1. The van der Waals surface area contributed by atoms with Crippen molar-refractivity contribution in [2.45, 2.75) is 58.5 Å². The molecule has 0 aliphatic carbocycles. The largest absolute Gasteiger partial charge is 0.352 e. The van der Waals surface area contributed by atoms with Gasteiger partial charge in [0.15, 0.2) is 0 Å². The monoisotopic (exact) mass is 506 g/mol. The zero-order chi connectivity index (χ0) is 26.1. The van der Waals surface area contributed by atoms with E-state index in [1.165, 1.54) is 33.9 Å². The smallest absolute Gasteiger partial charge is 0.243 e. The molecule has 0 aliphatic heterocycles. The van der Waals surface area contributed by atoms with Crippen molar-refractivity contribution < 1.29 is 14.0 Å². The molecule has 36 heavy (non-hydrogen) atoms. The topological polar surface area (TPSA) is 49.4 Å². The van der Waals surface area contributed by atoms with Crippen LogP contribution >= 0.6 is 11.8 Å². The van der Waals surface area contributed by atoms with Gasteiger partial charge in [0.2, 0.25) is 11.8 Å². The Morgan fingerprint density at radius 3 is 2.19 bits per heavy atom. The normalized spacial score (nSPS) is 11.8. The highest BCUT2D eigenvalue weighted by Crippen LogP contribution is 2.20. The molecule has 3 rings (SSSR count). The first kappa shape index (κ1) is 27.5. The number of rotatable bonds is 11. The molecule has 0 saturated heterocycles. The van der Waals surface area contributed by atoms with Crippen LogP contribution < -0.4 is 5.32 Å². The minimum absolute atomic E-state index is 0.0264. The fourth-order valence-electron chi connectivity index (χ4n) is 4.24. The quantitative estimate of drug-likeness (QED) is 0.355. The van der Waals surface area contributed by atoms with Gasteiger partial charge in [0.25, 0.3) is 0 Å². The first-order valence-corrected chi connectivity index (χ1v) is 13.4. The van der Waals surface area contributed by atoms with Crippen molar-refractivity contribution in [1.29, 1.82) is 0 Å². The van der Waals surface area contributed by atoms with Crippen molar-refractivity contribution in [3.63, 3.8) is 0 Å². The van der Waals surface area contributed by atoms with Gasteiger partial charge in [0.1, 0.15) is 11.9 Å². The molecule has 190 valence electrons. The third-order valence-corrected chi connectivity index (χ3v) is 6.76. The van der Waals surface area contributed by atoms with Gasteiger partial charge in [0.05, 0.1) is 5.75 Å². The zero-order valence-corrected chi connectivity index (χ0v) is 22.3.